The summed E-state index contributed by atoms with van der Waals surface area (Å²) < 4.78 is 7.76. The third kappa shape index (κ3) is 5.43. The second-order valence-corrected chi connectivity index (χ2v) is 8.16. The maximum atomic E-state index is 12.8. The molecule has 2 aromatic heterocycles. The number of carbonyl (C=O) groups is 1. The lowest BCUT2D eigenvalue weighted by Gasteiger charge is -2.18. The van der Waals surface area contributed by atoms with E-state index in [4.69, 9.17) is 9.72 Å². The monoisotopic (exact) mass is 422 g/mol. The van der Waals surface area contributed by atoms with Gasteiger partial charge in [-0.25, -0.2) is 9.97 Å². The predicted octanol–water partition coefficient (Wildman–Crippen LogP) is 4.95. The molecule has 0 fully saturated rings. The lowest BCUT2D eigenvalue weighted by Crippen LogP contribution is -2.30. The van der Waals surface area contributed by atoms with Crippen LogP contribution in [0.2, 0.25) is 0 Å². The van der Waals surface area contributed by atoms with E-state index in [0.29, 0.717) is 37.6 Å². The number of amides is 1. The maximum Gasteiger partial charge on any atom is 0.255 e. The second-order valence-electron chi connectivity index (χ2n) is 8.16. The van der Waals surface area contributed by atoms with Gasteiger partial charge in [0.15, 0.2) is 5.65 Å². The van der Waals surface area contributed by atoms with Gasteiger partial charge in [-0.1, -0.05) is 26.0 Å². The standard InChI is InChI=1S/C25H34N4O2/c1-6-28(7-2)25(30)20-16-22-24(26-17-20)29(14-13-18(4)5)23(27-22)15-19-9-11-21(12-10-19)31-8-3/h9-12,16-18H,6-8,13-15H2,1-5H3. The van der Waals surface area contributed by atoms with Crippen molar-refractivity contribution in [3.05, 3.63) is 53.5 Å². The SMILES string of the molecule is CCOc1ccc(Cc2nc3cc(C(=O)N(CC)CC)cnc3n2CCC(C)C)cc1. The van der Waals surface area contributed by atoms with Gasteiger partial charge in [-0.15, -0.1) is 0 Å². The Hall–Kier alpha value is -2.89. The Morgan fingerprint density at radius 3 is 2.45 bits per heavy atom. The van der Waals surface area contributed by atoms with E-state index < -0.39 is 0 Å². The van der Waals surface area contributed by atoms with Crippen LogP contribution in [0.5, 0.6) is 5.75 Å². The van der Waals surface area contributed by atoms with E-state index in [-0.39, 0.29) is 5.91 Å². The lowest BCUT2D eigenvalue weighted by atomic mass is 10.1. The average Bonchev–Trinajstić information content (AvgIpc) is 3.10. The molecule has 3 rings (SSSR count). The molecule has 0 bridgehead atoms. The summed E-state index contributed by atoms with van der Waals surface area (Å²) in [5, 5.41) is 0. The Labute approximate surface area is 185 Å². The number of fused-ring (bicyclic) bond motifs is 1. The van der Waals surface area contributed by atoms with Crippen LogP contribution in [0.15, 0.2) is 36.5 Å². The third-order valence-electron chi connectivity index (χ3n) is 5.49. The van der Waals surface area contributed by atoms with Gasteiger partial charge in [0.2, 0.25) is 0 Å². The highest BCUT2D eigenvalue weighted by Crippen LogP contribution is 2.21. The fraction of sp³-hybridized carbons (Fsp3) is 0.480. The molecular weight excluding hydrogens is 388 g/mol. The zero-order valence-corrected chi connectivity index (χ0v) is 19.4. The van der Waals surface area contributed by atoms with Gasteiger partial charge in [0.05, 0.1) is 12.2 Å². The molecule has 31 heavy (non-hydrogen) atoms. The number of hydrogen-bond donors (Lipinski definition) is 0. The van der Waals surface area contributed by atoms with Crippen molar-refractivity contribution in [2.45, 2.75) is 54.0 Å². The number of ether oxygens (including phenoxy) is 1. The van der Waals surface area contributed by atoms with Crippen molar-refractivity contribution in [3.8, 4) is 5.75 Å². The summed E-state index contributed by atoms with van der Waals surface area (Å²) in [6.45, 7) is 13.3. The van der Waals surface area contributed by atoms with Crippen molar-refractivity contribution in [3.63, 3.8) is 0 Å². The van der Waals surface area contributed by atoms with Crippen LogP contribution in [-0.2, 0) is 13.0 Å². The van der Waals surface area contributed by atoms with Gasteiger partial charge in [0.25, 0.3) is 5.91 Å². The Morgan fingerprint density at radius 2 is 1.84 bits per heavy atom. The number of nitrogens with zero attached hydrogens (tertiary/aromatic N) is 4. The van der Waals surface area contributed by atoms with E-state index in [0.717, 1.165) is 35.7 Å². The highest BCUT2D eigenvalue weighted by atomic mass is 16.5. The molecule has 0 atom stereocenters. The summed E-state index contributed by atoms with van der Waals surface area (Å²) in [5.41, 5.74) is 3.39. The molecular formula is C25H34N4O2. The Kier molecular flexibility index (Phi) is 7.66. The van der Waals surface area contributed by atoms with Crippen LogP contribution in [0, 0.1) is 5.92 Å². The van der Waals surface area contributed by atoms with Crippen molar-refractivity contribution >= 4 is 17.1 Å². The van der Waals surface area contributed by atoms with E-state index in [1.807, 2.05) is 39.0 Å². The van der Waals surface area contributed by atoms with Crippen LogP contribution in [0.3, 0.4) is 0 Å². The first kappa shape index (κ1) is 22.8. The molecule has 0 aliphatic carbocycles. The van der Waals surface area contributed by atoms with Crippen molar-refractivity contribution in [2.24, 2.45) is 5.92 Å². The molecule has 6 heteroatoms. The normalized spacial score (nSPS) is 11.3. The van der Waals surface area contributed by atoms with Gasteiger partial charge in [0.1, 0.15) is 17.1 Å². The van der Waals surface area contributed by atoms with Gasteiger partial charge in [-0.05, 0) is 56.9 Å². The number of rotatable bonds is 10. The Morgan fingerprint density at radius 1 is 1.13 bits per heavy atom. The minimum absolute atomic E-state index is 0.00388. The average molecular weight is 423 g/mol. The van der Waals surface area contributed by atoms with Gasteiger partial charge < -0.3 is 14.2 Å². The van der Waals surface area contributed by atoms with E-state index in [1.54, 1.807) is 11.1 Å². The molecule has 0 aliphatic rings. The first-order valence-electron chi connectivity index (χ1n) is 11.3. The number of imidazole rings is 1. The molecule has 2 heterocycles. The van der Waals surface area contributed by atoms with Crippen LogP contribution in [0.1, 0.15) is 62.8 Å². The minimum Gasteiger partial charge on any atom is -0.494 e. The lowest BCUT2D eigenvalue weighted by molar-refractivity contribution is 0.0772. The molecule has 1 amide bonds. The molecule has 0 unspecified atom stereocenters. The third-order valence-corrected chi connectivity index (χ3v) is 5.49. The first-order valence-corrected chi connectivity index (χ1v) is 11.3. The van der Waals surface area contributed by atoms with Crippen LogP contribution >= 0.6 is 0 Å². The fourth-order valence-electron chi connectivity index (χ4n) is 3.68. The highest BCUT2D eigenvalue weighted by Gasteiger charge is 2.18. The molecule has 0 radical (unpaired) electrons. The van der Waals surface area contributed by atoms with Crippen LogP contribution < -0.4 is 4.74 Å². The molecule has 3 aromatic rings. The van der Waals surface area contributed by atoms with Gasteiger partial charge in [-0.2, -0.15) is 0 Å². The summed E-state index contributed by atoms with van der Waals surface area (Å²) in [6.07, 6.45) is 3.45. The fourth-order valence-corrected chi connectivity index (χ4v) is 3.68. The van der Waals surface area contributed by atoms with Crippen LogP contribution in [0.4, 0.5) is 0 Å². The molecule has 1 aromatic carbocycles. The predicted molar refractivity (Wildman–Crippen MR) is 125 cm³/mol. The summed E-state index contributed by atoms with van der Waals surface area (Å²) in [5.74, 6) is 2.43. The molecule has 6 nitrogen and oxygen atoms in total. The van der Waals surface area contributed by atoms with Crippen molar-refractivity contribution in [1.29, 1.82) is 0 Å². The van der Waals surface area contributed by atoms with E-state index in [9.17, 15) is 4.79 Å². The topological polar surface area (TPSA) is 60.2 Å². The summed E-state index contributed by atoms with van der Waals surface area (Å²) >= 11 is 0. The van der Waals surface area contributed by atoms with E-state index >= 15 is 0 Å². The molecule has 0 aliphatic heterocycles. The quantitative estimate of drug-likeness (QED) is 0.464. The number of hydrogen-bond acceptors (Lipinski definition) is 4. The van der Waals surface area contributed by atoms with Crippen molar-refractivity contribution in [2.75, 3.05) is 19.7 Å². The number of aromatic nitrogens is 3. The summed E-state index contributed by atoms with van der Waals surface area (Å²) in [7, 11) is 0. The van der Waals surface area contributed by atoms with E-state index in [1.165, 1.54) is 5.56 Å². The number of pyridine rings is 1. The smallest absolute Gasteiger partial charge is 0.255 e. The molecule has 0 N–H and O–H groups in total. The van der Waals surface area contributed by atoms with Crippen LogP contribution in [-0.4, -0.2) is 45.0 Å². The summed E-state index contributed by atoms with van der Waals surface area (Å²) in [6, 6.07) is 10.1. The zero-order chi connectivity index (χ0) is 22.4. The molecule has 0 saturated heterocycles. The minimum atomic E-state index is 0.00388. The van der Waals surface area contributed by atoms with Crippen molar-refractivity contribution in [1.82, 2.24) is 19.4 Å². The number of aryl methyl sites for hydroxylation is 1. The maximum absolute atomic E-state index is 12.8. The Bertz CT molecular complexity index is 1000. The van der Waals surface area contributed by atoms with Crippen LogP contribution in [0.25, 0.3) is 11.2 Å². The van der Waals surface area contributed by atoms with Gasteiger partial charge in [-0.3, -0.25) is 4.79 Å². The highest BCUT2D eigenvalue weighted by molar-refractivity contribution is 5.96. The largest absolute Gasteiger partial charge is 0.494 e. The van der Waals surface area contributed by atoms with E-state index in [2.05, 4.69) is 35.5 Å². The van der Waals surface area contributed by atoms with Gasteiger partial charge in [0, 0.05) is 32.3 Å². The second kappa shape index (κ2) is 10.4. The molecule has 166 valence electrons. The van der Waals surface area contributed by atoms with Crippen molar-refractivity contribution < 1.29 is 9.53 Å². The molecule has 0 saturated carbocycles. The van der Waals surface area contributed by atoms with Gasteiger partial charge >= 0.3 is 0 Å². The first-order chi connectivity index (χ1) is 15.0. The number of benzene rings is 1. The summed E-state index contributed by atoms with van der Waals surface area (Å²) in [4.78, 5) is 24.1. The number of carbonyl (C=O) groups excluding carboxylic acids is 1. The Balaban J connectivity index is 1.95. The zero-order valence-electron chi connectivity index (χ0n) is 19.4. The molecule has 0 spiro atoms.